The normalized spacial score (nSPS) is 38.8. The molecule has 4 atom stereocenters. The van der Waals surface area contributed by atoms with Gasteiger partial charge in [0.05, 0.1) is 0 Å². The lowest BCUT2D eigenvalue weighted by Crippen LogP contribution is -2.46. The summed E-state index contributed by atoms with van der Waals surface area (Å²) in [6.45, 7) is 12.1. The van der Waals surface area contributed by atoms with E-state index in [0.29, 0.717) is 0 Å². The minimum absolute atomic E-state index is 0.785. The number of nitrogens with one attached hydrogen (secondary N) is 1. The van der Waals surface area contributed by atoms with Gasteiger partial charge in [-0.05, 0) is 18.8 Å². The Morgan fingerprint density at radius 1 is 1.06 bits per heavy atom. The van der Waals surface area contributed by atoms with E-state index < -0.39 is 0 Å². The average molecular weight is 270 g/mol. The predicted molar refractivity (Wildman–Crippen MR) is 82.4 cm³/mol. The zero-order valence-electron chi connectivity index (χ0n) is 12.3. The highest BCUT2D eigenvalue weighted by molar-refractivity contribution is 8.00. The van der Waals surface area contributed by atoms with E-state index in [-0.39, 0.29) is 0 Å². The molecule has 0 aromatic rings. The molecule has 1 aliphatic heterocycles. The first-order valence-corrected chi connectivity index (χ1v) is 8.70. The fourth-order valence-electron chi connectivity index (χ4n) is 3.49. The van der Waals surface area contributed by atoms with E-state index in [0.717, 1.165) is 22.5 Å². The van der Waals surface area contributed by atoms with Gasteiger partial charge in [0, 0.05) is 42.7 Å². The zero-order chi connectivity index (χ0) is 13.0. The van der Waals surface area contributed by atoms with Gasteiger partial charge in [0.1, 0.15) is 0 Å². The SMILES string of the molecule is CC1CN(CCNC2CCCCC2C)CC(C)S1. The van der Waals surface area contributed by atoms with Crippen molar-refractivity contribution in [1.29, 1.82) is 0 Å². The molecule has 2 fully saturated rings. The van der Waals surface area contributed by atoms with Crippen molar-refractivity contribution in [3.63, 3.8) is 0 Å². The van der Waals surface area contributed by atoms with E-state index >= 15 is 0 Å². The summed E-state index contributed by atoms with van der Waals surface area (Å²) in [6, 6.07) is 0.785. The summed E-state index contributed by atoms with van der Waals surface area (Å²) in [6.07, 6.45) is 5.68. The van der Waals surface area contributed by atoms with Crippen molar-refractivity contribution >= 4 is 11.8 Å². The van der Waals surface area contributed by atoms with Crippen LogP contribution in [0.5, 0.6) is 0 Å². The van der Waals surface area contributed by atoms with E-state index in [1.54, 1.807) is 0 Å². The Morgan fingerprint density at radius 3 is 2.39 bits per heavy atom. The second-order valence-electron chi connectivity index (χ2n) is 6.34. The molecule has 0 aromatic carbocycles. The van der Waals surface area contributed by atoms with Crippen molar-refractivity contribution in [2.75, 3.05) is 26.2 Å². The van der Waals surface area contributed by atoms with Crippen LogP contribution in [0.25, 0.3) is 0 Å². The number of hydrogen-bond acceptors (Lipinski definition) is 3. The van der Waals surface area contributed by atoms with Gasteiger partial charge in [0.15, 0.2) is 0 Å². The van der Waals surface area contributed by atoms with E-state index in [9.17, 15) is 0 Å². The Labute approximate surface area is 117 Å². The molecule has 2 rings (SSSR count). The summed E-state index contributed by atoms with van der Waals surface area (Å²) >= 11 is 2.14. The van der Waals surface area contributed by atoms with E-state index in [1.807, 2.05) is 0 Å². The molecule has 0 radical (unpaired) electrons. The lowest BCUT2D eigenvalue weighted by Gasteiger charge is -2.35. The van der Waals surface area contributed by atoms with Crippen LogP contribution < -0.4 is 5.32 Å². The van der Waals surface area contributed by atoms with Crippen LogP contribution in [0, 0.1) is 5.92 Å². The van der Waals surface area contributed by atoms with Crippen molar-refractivity contribution in [3.8, 4) is 0 Å². The van der Waals surface area contributed by atoms with Gasteiger partial charge in [-0.25, -0.2) is 0 Å². The Kier molecular flexibility index (Phi) is 5.84. The van der Waals surface area contributed by atoms with E-state index in [1.165, 1.54) is 51.9 Å². The Morgan fingerprint density at radius 2 is 1.72 bits per heavy atom. The number of rotatable bonds is 4. The molecule has 4 unspecified atom stereocenters. The van der Waals surface area contributed by atoms with Crippen molar-refractivity contribution in [2.24, 2.45) is 5.92 Å². The first-order valence-electron chi connectivity index (χ1n) is 7.76. The topological polar surface area (TPSA) is 15.3 Å². The summed E-state index contributed by atoms with van der Waals surface area (Å²) < 4.78 is 0. The third-order valence-electron chi connectivity index (χ3n) is 4.44. The molecule has 0 amide bonds. The lowest BCUT2D eigenvalue weighted by molar-refractivity contribution is 0.239. The molecule has 1 N–H and O–H groups in total. The van der Waals surface area contributed by atoms with Crippen LogP contribution >= 0.6 is 11.8 Å². The highest BCUT2D eigenvalue weighted by Gasteiger charge is 2.23. The molecule has 0 bridgehead atoms. The first kappa shape index (κ1) is 14.7. The Hall–Kier alpha value is 0.270. The van der Waals surface area contributed by atoms with Crippen molar-refractivity contribution < 1.29 is 0 Å². The summed E-state index contributed by atoms with van der Waals surface area (Å²) in [5, 5.41) is 5.42. The maximum Gasteiger partial charge on any atom is 0.0149 e. The van der Waals surface area contributed by atoms with Gasteiger partial charge >= 0.3 is 0 Å². The number of nitrogens with zero attached hydrogens (tertiary/aromatic N) is 1. The van der Waals surface area contributed by atoms with Crippen LogP contribution in [0.2, 0.25) is 0 Å². The maximum absolute atomic E-state index is 3.80. The number of hydrogen-bond donors (Lipinski definition) is 1. The highest BCUT2D eigenvalue weighted by Crippen LogP contribution is 2.25. The van der Waals surface area contributed by atoms with E-state index in [2.05, 4.69) is 42.7 Å². The van der Waals surface area contributed by atoms with Crippen LogP contribution in [0.4, 0.5) is 0 Å². The molecule has 0 spiro atoms. The first-order chi connectivity index (χ1) is 8.65. The van der Waals surface area contributed by atoms with Gasteiger partial charge in [0.25, 0.3) is 0 Å². The molecule has 1 aliphatic carbocycles. The predicted octanol–water partition coefficient (Wildman–Crippen LogP) is 2.98. The molecule has 1 saturated carbocycles. The third-order valence-corrected chi connectivity index (χ3v) is 5.67. The smallest absolute Gasteiger partial charge is 0.0149 e. The second kappa shape index (κ2) is 7.16. The number of thioether (sulfide) groups is 1. The fraction of sp³-hybridized carbons (Fsp3) is 1.00. The fourth-order valence-corrected chi connectivity index (χ4v) is 4.88. The van der Waals surface area contributed by atoms with Gasteiger partial charge in [0.2, 0.25) is 0 Å². The van der Waals surface area contributed by atoms with Crippen molar-refractivity contribution in [1.82, 2.24) is 10.2 Å². The monoisotopic (exact) mass is 270 g/mol. The third kappa shape index (κ3) is 4.43. The summed E-state index contributed by atoms with van der Waals surface area (Å²) in [4.78, 5) is 2.65. The quantitative estimate of drug-likeness (QED) is 0.845. The summed E-state index contributed by atoms with van der Waals surface area (Å²) in [7, 11) is 0. The standard InChI is InChI=1S/C15H30N2S/c1-12-6-4-5-7-15(12)16-8-9-17-10-13(2)18-14(3)11-17/h12-16H,4-11H2,1-3H3. The second-order valence-corrected chi connectivity index (χ2v) is 8.22. The molecule has 18 heavy (non-hydrogen) atoms. The molecular formula is C15H30N2S. The average Bonchev–Trinajstić information content (AvgIpc) is 2.30. The van der Waals surface area contributed by atoms with Crippen LogP contribution in [0.15, 0.2) is 0 Å². The van der Waals surface area contributed by atoms with Gasteiger partial charge in [-0.2, -0.15) is 11.8 Å². The molecule has 1 saturated heterocycles. The zero-order valence-corrected chi connectivity index (χ0v) is 13.1. The summed E-state index contributed by atoms with van der Waals surface area (Å²) in [5.41, 5.74) is 0. The van der Waals surface area contributed by atoms with Crippen LogP contribution in [-0.2, 0) is 0 Å². The minimum Gasteiger partial charge on any atom is -0.312 e. The van der Waals surface area contributed by atoms with E-state index in [4.69, 9.17) is 0 Å². The van der Waals surface area contributed by atoms with Crippen LogP contribution in [0.3, 0.4) is 0 Å². The lowest BCUT2D eigenvalue weighted by atomic mass is 9.86. The summed E-state index contributed by atoms with van der Waals surface area (Å²) in [5.74, 6) is 0.883. The Balaban J connectivity index is 1.65. The molecule has 2 aliphatic rings. The van der Waals surface area contributed by atoms with Crippen LogP contribution in [0.1, 0.15) is 46.5 Å². The van der Waals surface area contributed by atoms with Gasteiger partial charge in [-0.1, -0.05) is 33.6 Å². The maximum atomic E-state index is 3.80. The Bertz CT molecular complexity index is 237. The van der Waals surface area contributed by atoms with Crippen molar-refractivity contribution in [3.05, 3.63) is 0 Å². The molecule has 1 heterocycles. The molecular weight excluding hydrogens is 240 g/mol. The molecule has 106 valence electrons. The molecule has 2 nitrogen and oxygen atoms in total. The highest BCUT2D eigenvalue weighted by atomic mass is 32.2. The van der Waals surface area contributed by atoms with Crippen LogP contribution in [-0.4, -0.2) is 47.6 Å². The van der Waals surface area contributed by atoms with Gasteiger partial charge in [-0.15, -0.1) is 0 Å². The van der Waals surface area contributed by atoms with Gasteiger partial charge in [-0.3, -0.25) is 4.90 Å². The molecule has 0 aromatic heterocycles. The van der Waals surface area contributed by atoms with Gasteiger partial charge < -0.3 is 5.32 Å². The molecule has 3 heteroatoms. The largest absolute Gasteiger partial charge is 0.312 e. The minimum atomic E-state index is 0.785. The van der Waals surface area contributed by atoms with Crippen molar-refractivity contribution in [2.45, 2.75) is 63.0 Å².